The van der Waals surface area contributed by atoms with Crippen molar-refractivity contribution >= 4 is 11.6 Å². The fourth-order valence-electron chi connectivity index (χ4n) is 1.76. The number of halogens is 1. The van der Waals surface area contributed by atoms with Gasteiger partial charge in [0.05, 0.1) is 17.6 Å². The minimum Gasteiger partial charge on any atom is -0.255 e. The summed E-state index contributed by atoms with van der Waals surface area (Å²) in [5.41, 5.74) is 2.68. The van der Waals surface area contributed by atoms with E-state index in [1.54, 1.807) is 6.20 Å². The van der Waals surface area contributed by atoms with E-state index in [0.717, 1.165) is 17.1 Å². The molecule has 0 spiro atoms. The van der Waals surface area contributed by atoms with Crippen LogP contribution in [0.25, 0.3) is 11.4 Å². The third-order valence-electron chi connectivity index (χ3n) is 2.69. The van der Waals surface area contributed by atoms with Crippen molar-refractivity contribution in [1.82, 2.24) is 20.0 Å². The molecule has 1 aliphatic carbocycles. The van der Waals surface area contributed by atoms with E-state index >= 15 is 0 Å². The van der Waals surface area contributed by atoms with E-state index in [4.69, 9.17) is 11.6 Å². The molecule has 1 fully saturated rings. The Morgan fingerprint density at radius 2 is 2.25 bits per heavy atom. The number of hydrogen-bond donors (Lipinski definition) is 0. The van der Waals surface area contributed by atoms with Crippen molar-refractivity contribution in [3.05, 3.63) is 30.1 Å². The van der Waals surface area contributed by atoms with E-state index in [9.17, 15) is 0 Å². The maximum atomic E-state index is 5.88. The highest BCUT2D eigenvalue weighted by Gasteiger charge is 2.29. The number of alkyl halides is 1. The van der Waals surface area contributed by atoms with Crippen LogP contribution in [0.2, 0.25) is 0 Å². The third kappa shape index (κ3) is 1.59. The van der Waals surface area contributed by atoms with Crippen LogP contribution in [0.3, 0.4) is 0 Å². The van der Waals surface area contributed by atoms with Crippen LogP contribution >= 0.6 is 11.6 Å². The molecule has 1 aliphatic rings. The lowest BCUT2D eigenvalue weighted by atomic mass is 10.2. The number of aromatic nitrogens is 4. The smallest absolute Gasteiger partial charge is 0.112 e. The Balaban J connectivity index is 2.13. The lowest BCUT2D eigenvalue weighted by molar-refractivity contribution is 0.615. The number of hydrogen-bond acceptors (Lipinski definition) is 3. The van der Waals surface area contributed by atoms with Gasteiger partial charge in [0.25, 0.3) is 0 Å². The fraction of sp³-hybridized carbons (Fsp3) is 0.364. The monoisotopic (exact) mass is 234 g/mol. The topological polar surface area (TPSA) is 43.6 Å². The van der Waals surface area contributed by atoms with Crippen molar-refractivity contribution in [2.75, 3.05) is 0 Å². The highest BCUT2D eigenvalue weighted by atomic mass is 35.5. The highest BCUT2D eigenvalue weighted by Crippen LogP contribution is 2.38. The van der Waals surface area contributed by atoms with Crippen molar-refractivity contribution in [3.63, 3.8) is 0 Å². The molecule has 0 N–H and O–H groups in total. The lowest BCUT2D eigenvalue weighted by Crippen LogP contribution is -2.00. The predicted octanol–water partition coefficient (Wildman–Crippen LogP) is 2.41. The molecule has 0 aliphatic heterocycles. The third-order valence-corrected chi connectivity index (χ3v) is 2.94. The molecule has 0 bridgehead atoms. The maximum absolute atomic E-state index is 5.88. The van der Waals surface area contributed by atoms with Crippen LogP contribution in [0.4, 0.5) is 0 Å². The summed E-state index contributed by atoms with van der Waals surface area (Å²) in [5, 5.41) is 8.28. The molecule has 1 saturated carbocycles. The summed E-state index contributed by atoms with van der Waals surface area (Å²) in [6.45, 7) is 0. The average Bonchev–Trinajstić information content (AvgIpc) is 3.09. The molecular weight excluding hydrogens is 224 g/mol. The van der Waals surface area contributed by atoms with Gasteiger partial charge in [0.2, 0.25) is 0 Å². The molecule has 0 atom stereocenters. The van der Waals surface area contributed by atoms with Gasteiger partial charge in [0.15, 0.2) is 0 Å². The number of pyridine rings is 1. The molecule has 0 aromatic carbocycles. The minimum atomic E-state index is 0.374. The van der Waals surface area contributed by atoms with Gasteiger partial charge in [-0.15, -0.1) is 16.7 Å². The Kier molecular flexibility index (Phi) is 2.36. The number of nitrogens with zero attached hydrogens (tertiary/aromatic N) is 4. The number of rotatable bonds is 3. The zero-order valence-electron chi connectivity index (χ0n) is 8.67. The molecule has 2 heterocycles. The Morgan fingerprint density at radius 1 is 1.38 bits per heavy atom. The summed E-state index contributed by atoms with van der Waals surface area (Å²) < 4.78 is 1.96. The van der Waals surface area contributed by atoms with Crippen molar-refractivity contribution < 1.29 is 0 Å². The Hall–Kier alpha value is -1.42. The molecule has 2 aromatic heterocycles. The standard InChI is InChI=1S/C11H11ClN4/c12-7-10-11(9-3-1-2-6-13-9)16(15-14-10)8-4-5-8/h1-3,6,8H,4-5,7H2. The van der Waals surface area contributed by atoms with Crippen LogP contribution in [0.1, 0.15) is 24.6 Å². The first-order chi connectivity index (χ1) is 7.90. The van der Waals surface area contributed by atoms with Gasteiger partial charge >= 0.3 is 0 Å². The van der Waals surface area contributed by atoms with Gasteiger partial charge in [-0.1, -0.05) is 11.3 Å². The molecule has 3 rings (SSSR count). The summed E-state index contributed by atoms with van der Waals surface area (Å²) in [6, 6.07) is 6.31. The fourth-order valence-corrected chi connectivity index (χ4v) is 1.94. The van der Waals surface area contributed by atoms with Gasteiger partial charge < -0.3 is 0 Å². The van der Waals surface area contributed by atoms with E-state index in [1.807, 2.05) is 22.9 Å². The van der Waals surface area contributed by atoms with E-state index in [2.05, 4.69) is 15.3 Å². The molecule has 2 aromatic rings. The largest absolute Gasteiger partial charge is 0.255 e. The second-order valence-electron chi connectivity index (χ2n) is 3.91. The summed E-state index contributed by atoms with van der Waals surface area (Å²) >= 11 is 5.88. The van der Waals surface area contributed by atoms with Gasteiger partial charge in [-0.3, -0.25) is 4.98 Å². The van der Waals surface area contributed by atoms with E-state index in [1.165, 1.54) is 12.8 Å². The van der Waals surface area contributed by atoms with Crippen molar-refractivity contribution in [2.24, 2.45) is 0 Å². The van der Waals surface area contributed by atoms with Crippen LogP contribution in [-0.2, 0) is 5.88 Å². The van der Waals surface area contributed by atoms with Gasteiger partial charge in [0, 0.05) is 6.20 Å². The first-order valence-corrected chi connectivity index (χ1v) is 5.85. The Labute approximate surface area is 98.3 Å². The first-order valence-electron chi connectivity index (χ1n) is 5.31. The first kappa shape index (κ1) is 9.78. The zero-order valence-corrected chi connectivity index (χ0v) is 9.43. The molecule has 0 radical (unpaired) electrons. The van der Waals surface area contributed by atoms with E-state index in [-0.39, 0.29) is 0 Å². The summed E-state index contributed by atoms with van der Waals surface area (Å²) in [5.74, 6) is 0.374. The molecule has 4 nitrogen and oxygen atoms in total. The van der Waals surface area contributed by atoms with Crippen molar-refractivity contribution in [3.8, 4) is 11.4 Å². The summed E-state index contributed by atoms with van der Waals surface area (Å²) in [7, 11) is 0. The van der Waals surface area contributed by atoms with E-state index < -0.39 is 0 Å². The normalized spacial score (nSPS) is 15.3. The second kappa shape index (κ2) is 3.87. The predicted molar refractivity (Wildman–Crippen MR) is 61.1 cm³/mol. The molecule has 16 heavy (non-hydrogen) atoms. The molecule has 5 heteroatoms. The molecule has 82 valence electrons. The Bertz CT molecular complexity index is 490. The van der Waals surface area contributed by atoms with Gasteiger partial charge in [0.1, 0.15) is 11.4 Å². The van der Waals surface area contributed by atoms with Crippen molar-refractivity contribution in [1.29, 1.82) is 0 Å². The zero-order chi connectivity index (χ0) is 11.0. The Morgan fingerprint density at radius 3 is 2.88 bits per heavy atom. The average molecular weight is 235 g/mol. The van der Waals surface area contributed by atoms with Gasteiger partial charge in [-0.25, -0.2) is 4.68 Å². The summed E-state index contributed by atoms with van der Waals surface area (Å²) in [6.07, 6.45) is 4.12. The second-order valence-corrected chi connectivity index (χ2v) is 4.18. The van der Waals surface area contributed by atoms with E-state index in [0.29, 0.717) is 11.9 Å². The highest BCUT2D eigenvalue weighted by molar-refractivity contribution is 6.17. The van der Waals surface area contributed by atoms with Crippen LogP contribution < -0.4 is 0 Å². The molecular formula is C11H11ClN4. The molecule has 0 unspecified atom stereocenters. The minimum absolute atomic E-state index is 0.374. The van der Waals surface area contributed by atoms with Gasteiger partial charge in [-0.05, 0) is 25.0 Å². The lowest BCUT2D eigenvalue weighted by Gasteiger charge is -2.04. The van der Waals surface area contributed by atoms with Crippen molar-refractivity contribution in [2.45, 2.75) is 24.8 Å². The van der Waals surface area contributed by atoms with Crippen LogP contribution in [0.5, 0.6) is 0 Å². The molecule has 0 saturated heterocycles. The van der Waals surface area contributed by atoms with Crippen LogP contribution in [-0.4, -0.2) is 20.0 Å². The maximum Gasteiger partial charge on any atom is 0.112 e. The SMILES string of the molecule is ClCc1nnn(C2CC2)c1-c1ccccn1. The van der Waals surface area contributed by atoms with Crippen LogP contribution in [0, 0.1) is 0 Å². The van der Waals surface area contributed by atoms with Crippen LogP contribution in [0.15, 0.2) is 24.4 Å². The molecule has 0 amide bonds. The quantitative estimate of drug-likeness (QED) is 0.766. The summed E-state index contributed by atoms with van der Waals surface area (Å²) in [4.78, 5) is 4.34. The van der Waals surface area contributed by atoms with Gasteiger partial charge in [-0.2, -0.15) is 0 Å².